The lowest BCUT2D eigenvalue weighted by Crippen LogP contribution is -2.43. The molecule has 1 N–H and O–H groups in total. The molecule has 2 aliphatic heterocycles. The number of hydrogen-bond donors (Lipinski definition) is 1. The minimum absolute atomic E-state index is 0.131. The fraction of sp³-hybridized carbons (Fsp3) is 0.529. The van der Waals surface area contributed by atoms with Crippen molar-refractivity contribution in [2.75, 3.05) is 45.8 Å². The van der Waals surface area contributed by atoms with Gasteiger partial charge in [-0.15, -0.1) is 0 Å². The predicted molar refractivity (Wildman–Crippen MR) is 96.1 cm³/mol. The second kappa shape index (κ2) is 7.73. The van der Waals surface area contributed by atoms with E-state index in [9.17, 15) is 18.0 Å². The van der Waals surface area contributed by atoms with Crippen LogP contribution in [-0.4, -0.2) is 80.3 Å². The van der Waals surface area contributed by atoms with Crippen LogP contribution in [-0.2, 0) is 14.8 Å². The number of hydrogen-bond acceptors (Lipinski definition) is 5. The molecule has 0 saturated carbocycles. The van der Waals surface area contributed by atoms with Gasteiger partial charge in [-0.3, -0.25) is 14.6 Å². The van der Waals surface area contributed by atoms with Crippen LogP contribution in [0.2, 0.25) is 0 Å². The van der Waals surface area contributed by atoms with Crippen molar-refractivity contribution in [1.29, 1.82) is 0 Å². The molecule has 2 heterocycles. The van der Waals surface area contributed by atoms with Crippen molar-refractivity contribution in [1.82, 2.24) is 19.4 Å². The van der Waals surface area contributed by atoms with Gasteiger partial charge in [-0.25, -0.2) is 13.2 Å². The molecule has 9 heteroatoms. The van der Waals surface area contributed by atoms with Crippen molar-refractivity contribution < 1.29 is 18.0 Å². The van der Waals surface area contributed by atoms with Crippen molar-refractivity contribution in [2.24, 2.45) is 0 Å². The van der Waals surface area contributed by atoms with Gasteiger partial charge in [0.25, 0.3) is 0 Å². The molecule has 2 saturated heterocycles. The molecule has 2 aliphatic rings. The van der Waals surface area contributed by atoms with E-state index in [1.807, 2.05) is 11.8 Å². The molecule has 3 rings (SSSR count). The van der Waals surface area contributed by atoms with Gasteiger partial charge < -0.3 is 5.32 Å². The Morgan fingerprint density at radius 1 is 1.08 bits per heavy atom. The molecule has 2 fully saturated rings. The summed E-state index contributed by atoms with van der Waals surface area (Å²) in [6.07, 6.45) is 0.643. The van der Waals surface area contributed by atoms with Gasteiger partial charge in [-0.2, -0.15) is 4.31 Å². The van der Waals surface area contributed by atoms with Gasteiger partial charge >= 0.3 is 6.03 Å². The van der Waals surface area contributed by atoms with E-state index in [1.165, 1.54) is 9.21 Å². The second-order valence-corrected chi connectivity index (χ2v) is 8.56. The molecule has 0 bridgehead atoms. The lowest BCUT2D eigenvalue weighted by atomic mass is 10.2. The first kappa shape index (κ1) is 18.8. The Labute approximate surface area is 153 Å². The summed E-state index contributed by atoms with van der Waals surface area (Å²) < 4.78 is 27.1. The normalized spacial score (nSPS) is 20.0. The largest absolute Gasteiger partial charge is 0.336 e. The number of rotatable bonds is 4. The summed E-state index contributed by atoms with van der Waals surface area (Å²) in [4.78, 5) is 27.3. The Morgan fingerprint density at radius 3 is 2.46 bits per heavy atom. The molecular weight excluding hydrogens is 356 g/mol. The average Bonchev–Trinajstić information content (AvgIpc) is 2.89. The van der Waals surface area contributed by atoms with Crippen LogP contribution in [0.15, 0.2) is 29.2 Å². The maximum atomic E-state index is 12.8. The van der Waals surface area contributed by atoms with Crippen LogP contribution < -0.4 is 5.32 Å². The van der Waals surface area contributed by atoms with Crippen LogP contribution in [0.4, 0.5) is 4.79 Å². The number of carbonyl (C=O) groups is 2. The molecule has 0 unspecified atom stereocenters. The Balaban J connectivity index is 1.61. The van der Waals surface area contributed by atoms with E-state index in [1.54, 1.807) is 24.3 Å². The van der Waals surface area contributed by atoms with Gasteiger partial charge in [0.15, 0.2) is 0 Å². The highest BCUT2D eigenvalue weighted by Crippen LogP contribution is 2.18. The lowest BCUT2D eigenvalue weighted by Gasteiger charge is -2.22. The molecule has 0 atom stereocenters. The molecule has 0 radical (unpaired) electrons. The van der Waals surface area contributed by atoms with Crippen LogP contribution in [0.5, 0.6) is 0 Å². The number of urea groups is 1. The van der Waals surface area contributed by atoms with Crippen molar-refractivity contribution in [3.8, 4) is 0 Å². The van der Waals surface area contributed by atoms with E-state index in [0.717, 1.165) is 5.56 Å². The zero-order chi connectivity index (χ0) is 18.7. The van der Waals surface area contributed by atoms with Crippen LogP contribution >= 0.6 is 0 Å². The van der Waals surface area contributed by atoms with Crippen molar-refractivity contribution in [3.05, 3.63) is 29.8 Å². The van der Waals surface area contributed by atoms with E-state index in [-0.39, 0.29) is 18.5 Å². The van der Waals surface area contributed by atoms with Crippen LogP contribution in [0.3, 0.4) is 0 Å². The fourth-order valence-electron chi connectivity index (χ4n) is 3.19. The van der Waals surface area contributed by atoms with E-state index in [4.69, 9.17) is 0 Å². The summed E-state index contributed by atoms with van der Waals surface area (Å²) in [5.41, 5.74) is 1.01. The molecule has 1 aromatic carbocycles. The first-order valence-corrected chi connectivity index (χ1v) is 10.2. The molecule has 3 amide bonds. The third-order valence-electron chi connectivity index (χ3n) is 4.72. The van der Waals surface area contributed by atoms with Gasteiger partial charge in [0.05, 0.1) is 11.4 Å². The smallest absolute Gasteiger partial charge is 0.324 e. The summed E-state index contributed by atoms with van der Waals surface area (Å²) in [5, 5.41) is 2.61. The van der Waals surface area contributed by atoms with Crippen molar-refractivity contribution in [3.63, 3.8) is 0 Å². The SMILES string of the molecule is Cc1ccc(S(=O)(=O)N2CCCN(CC(=O)N3CCNC3=O)CC2)cc1. The average molecular weight is 380 g/mol. The predicted octanol–water partition coefficient (Wildman–Crippen LogP) is 0.243. The summed E-state index contributed by atoms with van der Waals surface area (Å²) in [6.45, 7) is 4.75. The van der Waals surface area contributed by atoms with Crippen molar-refractivity contribution in [2.45, 2.75) is 18.2 Å². The van der Waals surface area contributed by atoms with Crippen LogP contribution in [0.1, 0.15) is 12.0 Å². The molecule has 8 nitrogen and oxygen atoms in total. The minimum Gasteiger partial charge on any atom is -0.336 e. The number of benzene rings is 1. The highest BCUT2D eigenvalue weighted by atomic mass is 32.2. The Bertz CT molecular complexity index is 778. The third-order valence-corrected chi connectivity index (χ3v) is 6.64. The summed E-state index contributed by atoms with van der Waals surface area (Å²) in [5.74, 6) is -0.241. The van der Waals surface area contributed by atoms with E-state index in [2.05, 4.69) is 5.32 Å². The number of imide groups is 1. The number of carbonyl (C=O) groups excluding carboxylic acids is 2. The number of sulfonamides is 1. The van der Waals surface area contributed by atoms with Gasteiger partial charge in [0, 0.05) is 32.7 Å². The van der Waals surface area contributed by atoms with E-state index < -0.39 is 10.0 Å². The van der Waals surface area contributed by atoms with Gasteiger partial charge in [-0.1, -0.05) is 17.7 Å². The standard InChI is InChI=1S/C17H24N4O4S/c1-14-3-5-15(6-4-14)26(24,25)20-9-2-8-19(11-12-20)13-16(22)21-10-7-18-17(21)23/h3-6H,2,7-13H2,1H3,(H,18,23). The molecule has 1 aromatic rings. The molecular formula is C17H24N4O4S. The van der Waals surface area contributed by atoms with Gasteiger partial charge in [0.2, 0.25) is 15.9 Å². The number of nitrogens with zero attached hydrogens (tertiary/aromatic N) is 3. The molecule has 0 spiro atoms. The third kappa shape index (κ3) is 4.05. The first-order valence-electron chi connectivity index (χ1n) is 8.75. The molecule has 142 valence electrons. The number of amides is 3. The van der Waals surface area contributed by atoms with E-state index >= 15 is 0 Å². The Kier molecular flexibility index (Phi) is 5.59. The van der Waals surface area contributed by atoms with Gasteiger partial charge in [-0.05, 0) is 32.0 Å². The molecule has 26 heavy (non-hydrogen) atoms. The highest BCUT2D eigenvalue weighted by molar-refractivity contribution is 7.89. The zero-order valence-electron chi connectivity index (χ0n) is 14.8. The summed E-state index contributed by atoms with van der Waals surface area (Å²) >= 11 is 0. The Morgan fingerprint density at radius 2 is 1.81 bits per heavy atom. The maximum absolute atomic E-state index is 12.8. The topological polar surface area (TPSA) is 90.0 Å². The first-order chi connectivity index (χ1) is 12.4. The maximum Gasteiger partial charge on any atom is 0.324 e. The van der Waals surface area contributed by atoms with Crippen molar-refractivity contribution >= 4 is 22.0 Å². The monoisotopic (exact) mass is 380 g/mol. The molecule has 0 aliphatic carbocycles. The molecule has 0 aromatic heterocycles. The highest BCUT2D eigenvalue weighted by Gasteiger charge is 2.30. The van der Waals surface area contributed by atoms with E-state index in [0.29, 0.717) is 50.6 Å². The number of aryl methyl sites for hydroxylation is 1. The quantitative estimate of drug-likeness (QED) is 0.808. The Hall–Kier alpha value is -1.97. The lowest BCUT2D eigenvalue weighted by molar-refractivity contribution is -0.128. The van der Waals surface area contributed by atoms with Crippen LogP contribution in [0.25, 0.3) is 0 Å². The fourth-order valence-corrected chi connectivity index (χ4v) is 4.66. The summed E-state index contributed by atoms with van der Waals surface area (Å²) in [6, 6.07) is 6.48. The second-order valence-electron chi connectivity index (χ2n) is 6.62. The van der Waals surface area contributed by atoms with Gasteiger partial charge in [0.1, 0.15) is 0 Å². The number of nitrogens with one attached hydrogen (secondary N) is 1. The minimum atomic E-state index is -3.53. The van der Waals surface area contributed by atoms with Crippen LogP contribution in [0, 0.1) is 6.92 Å². The zero-order valence-corrected chi connectivity index (χ0v) is 15.7. The summed E-state index contributed by atoms with van der Waals surface area (Å²) in [7, 11) is -3.53.